The number of aromatic nitrogens is 5. The number of amides is 1. The second kappa shape index (κ2) is 5.54. The normalized spacial score (nSPS) is 10.8. The molecule has 115 valence electrons. The first-order chi connectivity index (χ1) is 11.7. The minimum absolute atomic E-state index is 0.0484. The van der Waals surface area contributed by atoms with Crippen molar-refractivity contribution in [2.45, 2.75) is 0 Å². The zero-order chi connectivity index (χ0) is 16.5. The zero-order valence-electron chi connectivity index (χ0n) is 12.4. The van der Waals surface area contributed by atoms with Gasteiger partial charge in [-0.3, -0.25) is 14.9 Å². The number of carbonyl (C=O) groups is 1. The van der Waals surface area contributed by atoms with Gasteiger partial charge >= 0.3 is 0 Å². The van der Waals surface area contributed by atoms with Crippen LogP contribution >= 0.6 is 0 Å². The van der Waals surface area contributed by atoms with Gasteiger partial charge in [-0.2, -0.15) is 5.10 Å². The summed E-state index contributed by atoms with van der Waals surface area (Å²) in [7, 11) is 0. The van der Waals surface area contributed by atoms with Crippen molar-refractivity contribution in [2.75, 3.05) is 0 Å². The average molecular weight is 315 g/mol. The maximum absolute atomic E-state index is 11.2. The van der Waals surface area contributed by atoms with Crippen LogP contribution in [0.5, 0.6) is 0 Å². The number of nitrogens with zero attached hydrogens (tertiary/aromatic N) is 4. The molecule has 0 unspecified atom stereocenters. The second-order valence-corrected chi connectivity index (χ2v) is 5.12. The molecule has 1 aromatic carbocycles. The van der Waals surface area contributed by atoms with Crippen LogP contribution in [-0.2, 0) is 0 Å². The Hall–Kier alpha value is -3.61. The smallest absolute Gasteiger partial charge is 0.286 e. The fraction of sp³-hybridized carbons (Fsp3) is 0. The minimum atomic E-state index is -0.676. The molecule has 4 aromatic rings. The fourth-order valence-electron chi connectivity index (χ4n) is 2.46. The minimum Gasteiger partial charge on any atom is -0.363 e. The van der Waals surface area contributed by atoms with E-state index in [0.717, 1.165) is 22.5 Å². The number of benzene rings is 1. The first-order valence-corrected chi connectivity index (χ1v) is 7.17. The summed E-state index contributed by atoms with van der Waals surface area (Å²) in [4.78, 5) is 23.5. The predicted octanol–water partition coefficient (Wildman–Crippen LogP) is 1.98. The number of fused-ring (bicyclic) bond motifs is 1. The molecule has 3 heterocycles. The monoisotopic (exact) mass is 315 g/mol. The summed E-state index contributed by atoms with van der Waals surface area (Å²) in [6.45, 7) is 0. The van der Waals surface area contributed by atoms with Crippen molar-refractivity contribution in [3.8, 4) is 22.5 Å². The summed E-state index contributed by atoms with van der Waals surface area (Å²) >= 11 is 0. The van der Waals surface area contributed by atoms with E-state index in [4.69, 9.17) is 5.73 Å². The van der Waals surface area contributed by atoms with Crippen molar-refractivity contribution in [1.29, 1.82) is 0 Å². The highest BCUT2D eigenvalue weighted by atomic mass is 16.1. The lowest BCUT2D eigenvalue weighted by molar-refractivity contribution is 0.0990. The molecule has 0 bridgehead atoms. The molecule has 0 fully saturated rings. The van der Waals surface area contributed by atoms with Gasteiger partial charge in [-0.15, -0.1) is 0 Å². The summed E-state index contributed by atoms with van der Waals surface area (Å²) in [5.74, 6) is -0.725. The third-order valence-corrected chi connectivity index (χ3v) is 3.58. The molecule has 0 saturated heterocycles. The molecule has 0 saturated carbocycles. The van der Waals surface area contributed by atoms with Crippen LogP contribution in [0.2, 0.25) is 0 Å². The standard InChI is InChI=1S/C17H11N6O/c18-16(24)17-20-8-11-7-10(4-5-13(11)22-17)12-9-21-23-15(12)14-3-1-2-6-19-14/h1-7,9H,(H2,18,24)(H,21,23). The number of carbonyl (C=O) groups excluding carboxylic acids is 1. The largest absolute Gasteiger partial charge is 0.363 e. The van der Waals surface area contributed by atoms with E-state index in [1.807, 2.05) is 36.5 Å². The first kappa shape index (κ1) is 14.0. The van der Waals surface area contributed by atoms with Gasteiger partial charge in [-0.05, 0) is 29.8 Å². The highest BCUT2D eigenvalue weighted by molar-refractivity contribution is 5.92. The fourth-order valence-corrected chi connectivity index (χ4v) is 2.46. The number of hydrogen-bond acceptors (Lipinski definition) is 5. The molecular weight excluding hydrogens is 304 g/mol. The summed E-state index contributed by atoms with van der Waals surface area (Å²) in [6.07, 6.45) is 6.34. The molecule has 1 amide bonds. The molecule has 0 spiro atoms. The van der Waals surface area contributed by atoms with Gasteiger partial charge in [0.1, 0.15) is 11.9 Å². The predicted molar refractivity (Wildman–Crippen MR) is 87.7 cm³/mol. The molecular formula is C17H11N6O. The van der Waals surface area contributed by atoms with Crippen molar-refractivity contribution >= 4 is 16.8 Å². The quantitative estimate of drug-likeness (QED) is 0.600. The molecule has 0 aliphatic heterocycles. The Labute approximate surface area is 136 Å². The first-order valence-electron chi connectivity index (χ1n) is 7.17. The summed E-state index contributed by atoms with van der Waals surface area (Å²) < 4.78 is 0. The van der Waals surface area contributed by atoms with E-state index < -0.39 is 5.91 Å². The van der Waals surface area contributed by atoms with Gasteiger partial charge in [0.15, 0.2) is 0 Å². The van der Waals surface area contributed by atoms with Crippen LogP contribution in [0.4, 0.5) is 0 Å². The molecule has 7 heteroatoms. The Kier molecular flexibility index (Phi) is 3.24. The Morgan fingerprint density at radius 2 is 2.12 bits per heavy atom. The second-order valence-electron chi connectivity index (χ2n) is 5.12. The van der Waals surface area contributed by atoms with Gasteiger partial charge < -0.3 is 5.73 Å². The number of nitrogens with two attached hydrogens (primary N) is 1. The van der Waals surface area contributed by atoms with Crippen LogP contribution < -0.4 is 5.73 Å². The van der Waals surface area contributed by atoms with Crippen molar-refractivity contribution in [1.82, 2.24) is 25.1 Å². The maximum atomic E-state index is 11.2. The van der Waals surface area contributed by atoms with E-state index in [2.05, 4.69) is 31.3 Å². The lowest BCUT2D eigenvalue weighted by Gasteiger charge is -2.04. The number of rotatable bonds is 3. The molecule has 3 N–H and O–H groups in total. The third kappa shape index (κ3) is 2.38. The summed E-state index contributed by atoms with van der Waals surface area (Å²) in [5, 5.41) is 7.85. The number of primary amides is 1. The van der Waals surface area contributed by atoms with E-state index in [1.54, 1.807) is 12.3 Å². The van der Waals surface area contributed by atoms with Crippen molar-refractivity contribution in [3.05, 3.63) is 60.8 Å². The van der Waals surface area contributed by atoms with Gasteiger partial charge in [0.05, 0.1) is 11.2 Å². The van der Waals surface area contributed by atoms with Gasteiger partial charge in [-0.1, -0.05) is 12.1 Å². The lowest BCUT2D eigenvalue weighted by atomic mass is 10.0. The summed E-state index contributed by atoms with van der Waals surface area (Å²) in [5.41, 5.74) is 9.15. The van der Waals surface area contributed by atoms with Crippen LogP contribution in [0, 0.1) is 6.20 Å². The van der Waals surface area contributed by atoms with E-state index in [9.17, 15) is 4.79 Å². The van der Waals surface area contributed by atoms with Crippen LogP contribution in [0.25, 0.3) is 33.4 Å². The molecule has 0 aliphatic carbocycles. The van der Waals surface area contributed by atoms with Crippen LogP contribution in [0.15, 0.2) is 48.8 Å². The summed E-state index contributed by atoms with van der Waals surface area (Å²) in [6, 6.07) is 11.2. The highest BCUT2D eigenvalue weighted by Crippen LogP contribution is 2.30. The van der Waals surface area contributed by atoms with E-state index in [0.29, 0.717) is 10.9 Å². The molecule has 24 heavy (non-hydrogen) atoms. The topological polar surface area (TPSA) is 110 Å². The Bertz CT molecular complexity index is 1040. The third-order valence-electron chi connectivity index (χ3n) is 3.58. The van der Waals surface area contributed by atoms with E-state index in [1.165, 1.54) is 0 Å². The average Bonchev–Trinajstić information content (AvgIpc) is 3.11. The van der Waals surface area contributed by atoms with E-state index in [-0.39, 0.29) is 5.82 Å². The number of pyridine rings is 1. The molecule has 0 aliphatic rings. The maximum Gasteiger partial charge on any atom is 0.286 e. The molecule has 4 rings (SSSR count). The Morgan fingerprint density at radius 3 is 2.92 bits per heavy atom. The van der Waals surface area contributed by atoms with E-state index >= 15 is 0 Å². The molecule has 7 nitrogen and oxygen atoms in total. The van der Waals surface area contributed by atoms with Crippen molar-refractivity contribution in [3.63, 3.8) is 0 Å². The number of aromatic amines is 1. The Morgan fingerprint density at radius 1 is 1.21 bits per heavy atom. The molecule has 1 radical (unpaired) electrons. The van der Waals surface area contributed by atoms with Gasteiger partial charge in [0, 0.05) is 23.3 Å². The van der Waals surface area contributed by atoms with Crippen molar-refractivity contribution in [2.24, 2.45) is 5.73 Å². The van der Waals surface area contributed by atoms with Crippen LogP contribution in [0.1, 0.15) is 10.6 Å². The van der Waals surface area contributed by atoms with Crippen molar-refractivity contribution < 1.29 is 4.79 Å². The van der Waals surface area contributed by atoms with Gasteiger partial charge in [-0.25, -0.2) is 9.97 Å². The number of nitrogens with one attached hydrogen (secondary N) is 1. The van der Waals surface area contributed by atoms with Crippen LogP contribution in [-0.4, -0.2) is 31.1 Å². The molecule has 3 aromatic heterocycles. The van der Waals surface area contributed by atoms with Gasteiger partial charge in [0.25, 0.3) is 5.91 Å². The Balaban J connectivity index is 1.82. The SMILES string of the molecule is NC(=O)c1n[c]c2cc(-c3c[nH]nc3-c3ccccn3)ccc2n1. The lowest BCUT2D eigenvalue weighted by Crippen LogP contribution is -2.15. The van der Waals surface area contributed by atoms with Crippen LogP contribution in [0.3, 0.4) is 0 Å². The number of H-pyrrole nitrogens is 1. The highest BCUT2D eigenvalue weighted by Gasteiger charge is 2.13. The molecule has 0 atom stereocenters. The number of hydrogen-bond donors (Lipinski definition) is 2. The van der Waals surface area contributed by atoms with Gasteiger partial charge in [0.2, 0.25) is 5.82 Å². The zero-order valence-corrected chi connectivity index (χ0v) is 12.4.